The van der Waals surface area contributed by atoms with Crippen molar-refractivity contribution in [3.8, 4) is 0 Å². The molecule has 0 bridgehead atoms. The average Bonchev–Trinajstić information content (AvgIpc) is 2.37. The minimum atomic E-state index is -0.401. The Morgan fingerprint density at radius 1 is 1.60 bits per heavy atom. The van der Waals surface area contributed by atoms with Crippen LogP contribution in [-0.2, 0) is 4.79 Å². The number of carbonyl (C=O) groups is 2. The zero-order valence-corrected chi connectivity index (χ0v) is 11.7. The number of rotatable bonds is 1. The predicted octanol–water partition coefficient (Wildman–Crippen LogP) is 1.73. The first-order chi connectivity index (χ1) is 6.81. The molecule has 5 heteroatoms. The number of halogens is 1. The highest BCUT2D eigenvalue weighted by Gasteiger charge is 2.47. The van der Waals surface area contributed by atoms with Gasteiger partial charge in [0.05, 0.1) is 6.04 Å². The zero-order valence-electron chi connectivity index (χ0n) is 9.58. The molecule has 1 unspecified atom stereocenters. The van der Waals surface area contributed by atoms with Gasteiger partial charge < -0.3 is 4.90 Å². The number of carbonyl (C=O) groups excluding carboxylic acids is 2. The molecule has 1 atom stereocenters. The number of alkyl halides is 1. The smallest absolute Gasteiger partial charge is 0.326 e. The zero-order chi connectivity index (χ0) is 11.8. The van der Waals surface area contributed by atoms with Gasteiger partial charge in [0, 0.05) is 23.9 Å². The molecule has 1 heterocycles. The Morgan fingerprint density at radius 3 is 2.53 bits per heavy atom. The van der Waals surface area contributed by atoms with Gasteiger partial charge in [0.25, 0.3) is 0 Å². The maximum absolute atomic E-state index is 12.0. The topological polar surface area (TPSA) is 40.6 Å². The Morgan fingerprint density at radius 2 is 2.13 bits per heavy atom. The van der Waals surface area contributed by atoms with Crippen LogP contribution in [0, 0.1) is 5.41 Å². The van der Waals surface area contributed by atoms with Gasteiger partial charge in [0.15, 0.2) is 0 Å². The highest BCUT2D eigenvalue weighted by Crippen LogP contribution is 2.36. The lowest BCUT2D eigenvalue weighted by Gasteiger charge is -2.25. The molecule has 1 fully saturated rings. The molecule has 0 spiro atoms. The molecule has 0 aromatic heterocycles. The van der Waals surface area contributed by atoms with Crippen molar-refractivity contribution in [2.24, 2.45) is 5.41 Å². The molecule has 86 valence electrons. The summed E-state index contributed by atoms with van der Waals surface area (Å²) in [6.07, 6.45) is 0.758. The molecule has 0 aliphatic carbocycles. The van der Waals surface area contributed by atoms with Crippen LogP contribution in [0.1, 0.15) is 20.3 Å². The maximum atomic E-state index is 12.0. The van der Waals surface area contributed by atoms with Crippen LogP contribution in [0.4, 0.5) is 4.79 Å². The second-order valence-electron chi connectivity index (χ2n) is 4.75. The monoisotopic (exact) mass is 324 g/mol. The first kappa shape index (κ1) is 12.7. The van der Waals surface area contributed by atoms with Crippen LogP contribution in [0.2, 0.25) is 0 Å². The van der Waals surface area contributed by atoms with E-state index in [4.69, 9.17) is 0 Å². The molecule has 0 aromatic carbocycles. The lowest BCUT2D eigenvalue weighted by atomic mass is 9.90. The minimum absolute atomic E-state index is 0.0444. The van der Waals surface area contributed by atoms with Crippen LogP contribution in [-0.4, -0.2) is 46.3 Å². The lowest BCUT2D eigenvalue weighted by molar-refractivity contribution is -0.132. The number of likely N-dealkylation sites (tertiary alicyclic amines) is 1. The van der Waals surface area contributed by atoms with Gasteiger partial charge in [0.2, 0.25) is 5.91 Å². The van der Waals surface area contributed by atoms with E-state index in [1.165, 1.54) is 9.80 Å². The fourth-order valence-electron chi connectivity index (χ4n) is 1.84. The fourth-order valence-corrected chi connectivity index (χ4v) is 2.55. The molecule has 4 nitrogen and oxygen atoms in total. The molecule has 1 rings (SSSR count). The maximum Gasteiger partial charge on any atom is 0.326 e. The summed E-state index contributed by atoms with van der Waals surface area (Å²) < 4.78 is 0.798. The quantitative estimate of drug-likeness (QED) is 0.544. The number of hydrogen-bond donors (Lipinski definition) is 0. The first-order valence-corrected chi connectivity index (χ1v) is 6.44. The third-order valence-corrected chi connectivity index (χ3v) is 3.69. The molecule has 1 saturated heterocycles. The summed E-state index contributed by atoms with van der Waals surface area (Å²) in [5, 5.41) is 0. The Bertz CT molecular complexity index is 289. The number of urea groups is 1. The van der Waals surface area contributed by atoms with E-state index in [2.05, 4.69) is 22.6 Å². The van der Waals surface area contributed by atoms with E-state index < -0.39 is 5.41 Å². The van der Waals surface area contributed by atoms with Crippen molar-refractivity contribution >= 4 is 34.5 Å². The van der Waals surface area contributed by atoms with Crippen molar-refractivity contribution < 1.29 is 9.59 Å². The molecule has 1 aliphatic rings. The van der Waals surface area contributed by atoms with E-state index in [1.54, 1.807) is 14.1 Å². The van der Waals surface area contributed by atoms with Gasteiger partial charge in [-0.05, 0) is 6.42 Å². The SMILES string of the molecule is CN(C)C(=O)N1C(=O)C(C)(C)CC1CI. The summed E-state index contributed by atoms with van der Waals surface area (Å²) in [6.45, 7) is 3.80. The molecule has 1 aliphatic heterocycles. The van der Waals surface area contributed by atoms with Crippen LogP contribution in [0.3, 0.4) is 0 Å². The average molecular weight is 324 g/mol. The van der Waals surface area contributed by atoms with E-state index >= 15 is 0 Å². The minimum Gasteiger partial charge on any atom is -0.330 e. The van der Waals surface area contributed by atoms with E-state index in [0.29, 0.717) is 0 Å². The standard InChI is InChI=1S/C10H17IN2O2/c1-10(2)5-7(6-11)13(8(10)14)9(15)12(3)4/h7H,5-6H2,1-4H3. The van der Waals surface area contributed by atoms with Crippen molar-refractivity contribution in [3.05, 3.63) is 0 Å². The fraction of sp³-hybridized carbons (Fsp3) is 0.800. The Labute approximate surface area is 104 Å². The summed E-state index contributed by atoms with van der Waals surface area (Å²) in [5.74, 6) is -0.0529. The molecule has 3 amide bonds. The van der Waals surface area contributed by atoms with Gasteiger partial charge in [0.1, 0.15) is 0 Å². The van der Waals surface area contributed by atoms with Crippen LogP contribution in [0.25, 0.3) is 0 Å². The van der Waals surface area contributed by atoms with Crippen LogP contribution >= 0.6 is 22.6 Å². The van der Waals surface area contributed by atoms with Crippen LogP contribution in [0.5, 0.6) is 0 Å². The number of amides is 3. The van der Waals surface area contributed by atoms with Crippen molar-refractivity contribution in [1.29, 1.82) is 0 Å². The second-order valence-corrected chi connectivity index (χ2v) is 5.63. The van der Waals surface area contributed by atoms with E-state index in [-0.39, 0.29) is 18.0 Å². The predicted molar refractivity (Wildman–Crippen MR) is 67.0 cm³/mol. The van der Waals surface area contributed by atoms with Gasteiger partial charge in [-0.3, -0.25) is 9.69 Å². The molecule has 0 saturated carbocycles. The van der Waals surface area contributed by atoms with Gasteiger partial charge >= 0.3 is 6.03 Å². The van der Waals surface area contributed by atoms with Crippen molar-refractivity contribution in [2.75, 3.05) is 18.5 Å². The van der Waals surface area contributed by atoms with E-state index in [0.717, 1.165) is 10.8 Å². The highest BCUT2D eigenvalue weighted by atomic mass is 127. The Balaban J connectivity index is 2.96. The largest absolute Gasteiger partial charge is 0.330 e. The van der Waals surface area contributed by atoms with Gasteiger partial charge in [-0.15, -0.1) is 0 Å². The van der Waals surface area contributed by atoms with Gasteiger partial charge in [-0.2, -0.15) is 0 Å². The first-order valence-electron chi connectivity index (χ1n) is 4.92. The number of imide groups is 1. The molecule has 0 aromatic rings. The summed E-state index contributed by atoms with van der Waals surface area (Å²) in [5.41, 5.74) is -0.401. The third-order valence-electron chi connectivity index (χ3n) is 2.68. The van der Waals surface area contributed by atoms with Crippen LogP contribution < -0.4 is 0 Å². The van der Waals surface area contributed by atoms with Crippen molar-refractivity contribution in [3.63, 3.8) is 0 Å². The normalized spacial score (nSPS) is 24.5. The summed E-state index contributed by atoms with van der Waals surface area (Å²) in [7, 11) is 3.34. The number of nitrogens with zero attached hydrogens (tertiary/aromatic N) is 2. The summed E-state index contributed by atoms with van der Waals surface area (Å²) in [4.78, 5) is 26.7. The molecule has 0 radical (unpaired) electrons. The van der Waals surface area contributed by atoms with E-state index in [9.17, 15) is 9.59 Å². The Kier molecular flexibility index (Phi) is 3.63. The highest BCUT2D eigenvalue weighted by molar-refractivity contribution is 14.1. The Hall–Kier alpha value is -0.330. The summed E-state index contributed by atoms with van der Waals surface area (Å²) >= 11 is 2.22. The third kappa shape index (κ3) is 2.26. The van der Waals surface area contributed by atoms with Crippen LogP contribution in [0.15, 0.2) is 0 Å². The number of hydrogen-bond acceptors (Lipinski definition) is 2. The van der Waals surface area contributed by atoms with Gasteiger partial charge in [-0.1, -0.05) is 36.4 Å². The second kappa shape index (κ2) is 4.27. The van der Waals surface area contributed by atoms with Crippen molar-refractivity contribution in [1.82, 2.24) is 9.80 Å². The summed E-state index contributed by atoms with van der Waals surface area (Å²) in [6, 6.07) is -0.157. The van der Waals surface area contributed by atoms with E-state index in [1.807, 2.05) is 13.8 Å². The lowest BCUT2D eigenvalue weighted by Crippen LogP contribution is -2.46. The van der Waals surface area contributed by atoms with Crippen molar-refractivity contribution in [2.45, 2.75) is 26.3 Å². The molecule has 0 N–H and O–H groups in total. The molecular formula is C10H17IN2O2. The molecule has 15 heavy (non-hydrogen) atoms. The molecular weight excluding hydrogens is 307 g/mol. The van der Waals surface area contributed by atoms with Gasteiger partial charge in [-0.25, -0.2) is 4.79 Å².